The Balaban J connectivity index is 2.24. The zero-order valence-corrected chi connectivity index (χ0v) is 10.6. The fourth-order valence-electron chi connectivity index (χ4n) is 1.82. The van der Waals surface area contributed by atoms with Crippen molar-refractivity contribution in [3.8, 4) is 0 Å². The number of rotatable bonds is 8. The van der Waals surface area contributed by atoms with Gasteiger partial charge in [0, 0.05) is 38.6 Å². The highest BCUT2D eigenvalue weighted by Gasteiger charge is 2.06. The minimum Gasteiger partial charge on any atom is -0.383 e. The lowest BCUT2D eigenvalue weighted by Crippen LogP contribution is -2.35. The molecule has 4 heteroatoms. The number of hydrogen-bond donors (Lipinski definition) is 1. The molecular formula is C12H23N3O. The number of nitrogens with zero attached hydrogens (tertiary/aromatic N) is 2. The van der Waals surface area contributed by atoms with Gasteiger partial charge in [-0.15, -0.1) is 0 Å². The van der Waals surface area contributed by atoms with E-state index in [4.69, 9.17) is 4.74 Å². The number of imidazole rings is 1. The normalized spacial score (nSPS) is 12.9. The summed E-state index contributed by atoms with van der Waals surface area (Å²) in [6.45, 7) is 6.95. The van der Waals surface area contributed by atoms with Gasteiger partial charge in [-0.1, -0.05) is 13.3 Å². The minimum atomic E-state index is 0.471. The molecule has 1 unspecified atom stereocenters. The van der Waals surface area contributed by atoms with E-state index in [-0.39, 0.29) is 0 Å². The smallest absolute Gasteiger partial charge is 0.105 e. The quantitative estimate of drug-likeness (QED) is 0.730. The summed E-state index contributed by atoms with van der Waals surface area (Å²) >= 11 is 0. The van der Waals surface area contributed by atoms with Gasteiger partial charge in [0.1, 0.15) is 5.82 Å². The number of nitrogens with one attached hydrogen (secondary N) is 1. The summed E-state index contributed by atoms with van der Waals surface area (Å²) < 4.78 is 7.34. The molecule has 1 rings (SSSR count). The molecule has 0 bridgehead atoms. The number of methoxy groups -OCH3 is 1. The zero-order valence-electron chi connectivity index (χ0n) is 10.6. The second kappa shape index (κ2) is 7.41. The maximum absolute atomic E-state index is 5.19. The van der Waals surface area contributed by atoms with E-state index >= 15 is 0 Å². The molecule has 0 radical (unpaired) electrons. The Kier molecular flexibility index (Phi) is 6.11. The predicted molar refractivity (Wildman–Crippen MR) is 65.5 cm³/mol. The lowest BCUT2D eigenvalue weighted by molar-refractivity contribution is 0.161. The van der Waals surface area contributed by atoms with Crippen molar-refractivity contribution in [3.63, 3.8) is 0 Å². The van der Waals surface area contributed by atoms with Gasteiger partial charge in [0.05, 0.1) is 6.61 Å². The van der Waals surface area contributed by atoms with Gasteiger partial charge < -0.3 is 14.6 Å². The topological polar surface area (TPSA) is 39.1 Å². The second-order valence-electron chi connectivity index (χ2n) is 4.06. The van der Waals surface area contributed by atoms with E-state index in [1.54, 1.807) is 7.11 Å². The Hall–Kier alpha value is -0.870. The van der Waals surface area contributed by atoms with Gasteiger partial charge in [-0.25, -0.2) is 4.98 Å². The van der Waals surface area contributed by atoms with Crippen LogP contribution in [0.25, 0.3) is 0 Å². The highest BCUT2D eigenvalue weighted by Crippen LogP contribution is 1.98. The molecule has 4 nitrogen and oxygen atoms in total. The van der Waals surface area contributed by atoms with E-state index in [0.717, 1.165) is 31.9 Å². The molecule has 0 amide bonds. The van der Waals surface area contributed by atoms with Crippen LogP contribution in [-0.4, -0.2) is 35.9 Å². The molecule has 0 aliphatic carbocycles. The maximum atomic E-state index is 5.19. The molecule has 0 aliphatic rings. The van der Waals surface area contributed by atoms with Crippen LogP contribution in [-0.2, 0) is 11.3 Å². The first-order chi connectivity index (χ1) is 7.77. The highest BCUT2D eigenvalue weighted by molar-refractivity contribution is 4.88. The average Bonchev–Trinajstić information content (AvgIpc) is 2.65. The SMILES string of the molecule is CCCC(COC)NCCn1ccnc1C. The molecule has 0 spiro atoms. The van der Waals surface area contributed by atoms with Crippen molar-refractivity contribution in [2.75, 3.05) is 20.3 Å². The summed E-state index contributed by atoms with van der Waals surface area (Å²) in [6.07, 6.45) is 6.21. The summed E-state index contributed by atoms with van der Waals surface area (Å²) in [6, 6.07) is 0.471. The third-order valence-electron chi connectivity index (χ3n) is 2.71. The van der Waals surface area contributed by atoms with E-state index in [9.17, 15) is 0 Å². The van der Waals surface area contributed by atoms with Crippen LogP contribution in [0.2, 0.25) is 0 Å². The van der Waals surface area contributed by atoms with Gasteiger partial charge in [-0.05, 0) is 13.3 Å². The van der Waals surface area contributed by atoms with Crippen LogP contribution < -0.4 is 5.32 Å². The molecule has 0 saturated heterocycles. The summed E-state index contributed by atoms with van der Waals surface area (Å²) in [4.78, 5) is 4.20. The molecule has 1 aromatic rings. The largest absolute Gasteiger partial charge is 0.383 e. The number of ether oxygens (including phenoxy) is 1. The Morgan fingerprint density at radius 2 is 2.38 bits per heavy atom. The van der Waals surface area contributed by atoms with Crippen molar-refractivity contribution in [1.82, 2.24) is 14.9 Å². The van der Waals surface area contributed by atoms with E-state index in [1.807, 2.05) is 19.3 Å². The van der Waals surface area contributed by atoms with Crippen LogP contribution >= 0.6 is 0 Å². The van der Waals surface area contributed by atoms with Crippen LogP contribution in [0, 0.1) is 6.92 Å². The van der Waals surface area contributed by atoms with Gasteiger partial charge in [-0.2, -0.15) is 0 Å². The Labute approximate surface area is 98.0 Å². The van der Waals surface area contributed by atoms with E-state index in [2.05, 4.69) is 21.8 Å². The molecule has 92 valence electrons. The van der Waals surface area contributed by atoms with Gasteiger partial charge in [0.25, 0.3) is 0 Å². The zero-order chi connectivity index (χ0) is 11.8. The van der Waals surface area contributed by atoms with Gasteiger partial charge in [0.2, 0.25) is 0 Å². The predicted octanol–water partition coefficient (Wildman–Crippen LogP) is 1.60. The van der Waals surface area contributed by atoms with Crippen LogP contribution in [0.4, 0.5) is 0 Å². The number of aryl methyl sites for hydroxylation is 1. The molecule has 16 heavy (non-hydrogen) atoms. The molecule has 1 N–H and O–H groups in total. The third-order valence-corrected chi connectivity index (χ3v) is 2.71. The van der Waals surface area contributed by atoms with Crippen molar-refractivity contribution in [3.05, 3.63) is 18.2 Å². The molecular weight excluding hydrogens is 202 g/mol. The summed E-state index contributed by atoms with van der Waals surface area (Å²) in [5.74, 6) is 1.07. The Morgan fingerprint density at radius 1 is 1.56 bits per heavy atom. The minimum absolute atomic E-state index is 0.471. The van der Waals surface area contributed by atoms with Crippen molar-refractivity contribution in [1.29, 1.82) is 0 Å². The summed E-state index contributed by atoms with van der Waals surface area (Å²) in [7, 11) is 1.75. The van der Waals surface area contributed by atoms with Crippen LogP contribution in [0.15, 0.2) is 12.4 Å². The first-order valence-electron chi connectivity index (χ1n) is 5.98. The molecule has 1 atom stereocenters. The monoisotopic (exact) mass is 225 g/mol. The number of aromatic nitrogens is 2. The molecule has 0 saturated carbocycles. The lowest BCUT2D eigenvalue weighted by atomic mass is 10.2. The maximum Gasteiger partial charge on any atom is 0.105 e. The first-order valence-corrected chi connectivity index (χ1v) is 5.98. The molecule has 0 aliphatic heterocycles. The Morgan fingerprint density at radius 3 is 2.94 bits per heavy atom. The highest BCUT2D eigenvalue weighted by atomic mass is 16.5. The van der Waals surface area contributed by atoms with Crippen molar-refractivity contribution < 1.29 is 4.74 Å². The fourth-order valence-corrected chi connectivity index (χ4v) is 1.82. The standard InChI is InChI=1S/C12H23N3O/c1-4-5-12(10-16-3)14-7-9-15-8-6-13-11(15)2/h6,8,12,14H,4-5,7,9-10H2,1-3H3. The molecule has 1 heterocycles. The van der Waals surface area contributed by atoms with Gasteiger partial charge in [0.15, 0.2) is 0 Å². The first kappa shape index (κ1) is 13.2. The van der Waals surface area contributed by atoms with Gasteiger partial charge >= 0.3 is 0 Å². The Bertz CT molecular complexity index is 280. The van der Waals surface area contributed by atoms with Crippen molar-refractivity contribution >= 4 is 0 Å². The van der Waals surface area contributed by atoms with Gasteiger partial charge in [-0.3, -0.25) is 0 Å². The van der Waals surface area contributed by atoms with E-state index in [0.29, 0.717) is 6.04 Å². The van der Waals surface area contributed by atoms with Crippen LogP contribution in [0.1, 0.15) is 25.6 Å². The summed E-state index contributed by atoms with van der Waals surface area (Å²) in [5, 5.41) is 3.51. The third kappa shape index (κ3) is 4.33. The molecule has 0 fully saturated rings. The summed E-state index contributed by atoms with van der Waals surface area (Å²) in [5.41, 5.74) is 0. The van der Waals surface area contributed by atoms with Crippen LogP contribution in [0.5, 0.6) is 0 Å². The molecule has 0 aromatic carbocycles. The fraction of sp³-hybridized carbons (Fsp3) is 0.750. The van der Waals surface area contributed by atoms with E-state index in [1.165, 1.54) is 6.42 Å². The van der Waals surface area contributed by atoms with E-state index < -0.39 is 0 Å². The van der Waals surface area contributed by atoms with Crippen molar-refractivity contribution in [2.24, 2.45) is 0 Å². The van der Waals surface area contributed by atoms with Crippen molar-refractivity contribution in [2.45, 2.75) is 39.3 Å². The van der Waals surface area contributed by atoms with Crippen LogP contribution in [0.3, 0.4) is 0 Å². The second-order valence-corrected chi connectivity index (χ2v) is 4.06. The lowest BCUT2D eigenvalue weighted by Gasteiger charge is -2.17. The number of hydrogen-bond acceptors (Lipinski definition) is 3. The molecule has 1 aromatic heterocycles. The average molecular weight is 225 g/mol.